The zero-order valence-corrected chi connectivity index (χ0v) is 21.8. The Morgan fingerprint density at radius 2 is 1.66 bits per heavy atom. The Morgan fingerprint density at radius 3 is 2.26 bits per heavy atom. The van der Waals surface area contributed by atoms with Gasteiger partial charge in [0.1, 0.15) is 23.1 Å². The molecule has 7 heteroatoms. The van der Waals surface area contributed by atoms with Crippen LogP contribution in [0.1, 0.15) is 76.7 Å². The lowest BCUT2D eigenvalue weighted by molar-refractivity contribution is -0.162. The third-order valence-electron chi connectivity index (χ3n) is 8.34. The normalized spacial score (nSPS) is 23.4. The molecule has 0 aromatic heterocycles. The van der Waals surface area contributed by atoms with Crippen molar-refractivity contribution < 1.29 is 19.1 Å². The zero-order valence-electron chi connectivity index (χ0n) is 21.8. The molecule has 1 atom stereocenters. The van der Waals surface area contributed by atoms with Crippen LogP contribution in [0.2, 0.25) is 0 Å². The maximum Gasteiger partial charge on any atom is 0.246 e. The minimum absolute atomic E-state index is 0.0664. The van der Waals surface area contributed by atoms with E-state index in [1.54, 1.807) is 14.2 Å². The van der Waals surface area contributed by atoms with E-state index in [9.17, 15) is 9.59 Å². The molecule has 35 heavy (non-hydrogen) atoms. The summed E-state index contributed by atoms with van der Waals surface area (Å²) in [7, 11) is 3.32. The summed E-state index contributed by atoms with van der Waals surface area (Å²) in [5.74, 6) is 2.33. The van der Waals surface area contributed by atoms with Crippen LogP contribution in [0.25, 0.3) is 0 Å². The van der Waals surface area contributed by atoms with Crippen LogP contribution in [0.4, 0.5) is 0 Å². The fourth-order valence-corrected chi connectivity index (χ4v) is 6.23. The first kappa shape index (κ1) is 25.8. The number of hydrogen-bond acceptors (Lipinski definition) is 5. The van der Waals surface area contributed by atoms with E-state index in [1.165, 1.54) is 32.1 Å². The van der Waals surface area contributed by atoms with Crippen molar-refractivity contribution in [2.24, 2.45) is 5.92 Å². The summed E-state index contributed by atoms with van der Waals surface area (Å²) >= 11 is 0. The average Bonchev–Trinajstić information content (AvgIpc) is 2.89. The summed E-state index contributed by atoms with van der Waals surface area (Å²) in [6.45, 7) is 5.13. The van der Waals surface area contributed by atoms with Crippen molar-refractivity contribution in [2.45, 2.75) is 89.3 Å². The fourth-order valence-electron chi connectivity index (χ4n) is 6.23. The average molecular weight is 486 g/mol. The Kier molecular flexibility index (Phi) is 8.58. The lowest BCUT2D eigenvalue weighted by atomic mass is 9.79. The summed E-state index contributed by atoms with van der Waals surface area (Å²) < 4.78 is 10.8. The molecule has 1 saturated carbocycles. The van der Waals surface area contributed by atoms with Crippen molar-refractivity contribution in [1.29, 1.82) is 0 Å². The van der Waals surface area contributed by atoms with Gasteiger partial charge in [0.15, 0.2) is 0 Å². The second-order valence-corrected chi connectivity index (χ2v) is 10.6. The van der Waals surface area contributed by atoms with E-state index in [1.807, 2.05) is 23.1 Å². The minimum atomic E-state index is -0.710. The molecule has 1 spiro atoms. The number of benzene rings is 1. The molecular weight excluding hydrogens is 442 g/mol. The van der Waals surface area contributed by atoms with Crippen molar-refractivity contribution in [2.75, 3.05) is 33.9 Å². The molecule has 194 valence electrons. The highest BCUT2D eigenvalue weighted by Crippen LogP contribution is 2.36. The van der Waals surface area contributed by atoms with Crippen molar-refractivity contribution in [3.05, 3.63) is 23.8 Å². The van der Waals surface area contributed by atoms with Crippen LogP contribution in [0.15, 0.2) is 18.2 Å². The molecule has 2 aliphatic heterocycles. The smallest absolute Gasteiger partial charge is 0.246 e. The van der Waals surface area contributed by atoms with Gasteiger partial charge in [-0.25, -0.2) is 0 Å². The molecule has 0 radical (unpaired) electrons. The van der Waals surface area contributed by atoms with Gasteiger partial charge in [-0.2, -0.15) is 0 Å². The number of hydrogen-bond donors (Lipinski definition) is 1. The SMILES string of the molecule is CCCCN1C(=O)C(CC2CCCCC2)NC(=O)C12CCN(Cc1cc(OC)cc(OC)c1)CC2. The van der Waals surface area contributed by atoms with Gasteiger partial charge in [0.2, 0.25) is 11.8 Å². The van der Waals surface area contributed by atoms with Gasteiger partial charge in [0, 0.05) is 32.2 Å². The van der Waals surface area contributed by atoms with Crippen LogP contribution < -0.4 is 14.8 Å². The molecule has 0 bridgehead atoms. The van der Waals surface area contributed by atoms with Crippen LogP contribution in [-0.4, -0.2) is 67.0 Å². The lowest BCUT2D eigenvalue weighted by Crippen LogP contribution is -2.73. The van der Waals surface area contributed by atoms with E-state index in [0.717, 1.165) is 56.0 Å². The number of ether oxygens (including phenoxy) is 2. The van der Waals surface area contributed by atoms with Crippen LogP contribution in [0, 0.1) is 5.92 Å². The highest BCUT2D eigenvalue weighted by Gasteiger charge is 2.53. The van der Waals surface area contributed by atoms with Gasteiger partial charge in [-0.05, 0) is 49.3 Å². The Hall–Kier alpha value is -2.28. The van der Waals surface area contributed by atoms with Crippen molar-refractivity contribution >= 4 is 11.8 Å². The Labute approximate surface area is 210 Å². The molecule has 1 aromatic rings. The van der Waals surface area contributed by atoms with E-state index in [-0.39, 0.29) is 17.9 Å². The number of nitrogens with zero attached hydrogens (tertiary/aromatic N) is 2. The summed E-state index contributed by atoms with van der Waals surface area (Å²) in [6.07, 6.45) is 10.3. The number of nitrogens with one attached hydrogen (secondary N) is 1. The number of methoxy groups -OCH3 is 2. The largest absolute Gasteiger partial charge is 0.497 e. The number of piperazine rings is 1. The van der Waals surface area contributed by atoms with Crippen molar-refractivity contribution in [3.8, 4) is 11.5 Å². The first-order valence-electron chi connectivity index (χ1n) is 13.6. The topological polar surface area (TPSA) is 71.1 Å². The van der Waals surface area contributed by atoms with E-state index in [4.69, 9.17) is 9.47 Å². The van der Waals surface area contributed by atoms with Crippen LogP contribution in [-0.2, 0) is 16.1 Å². The number of carbonyl (C=O) groups excluding carboxylic acids is 2. The minimum Gasteiger partial charge on any atom is -0.497 e. The Balaban J connectivity index is 1.45. The number of amides is 2. The molecule has 1 unspecified atom stereocenters. The van der Waals surface area contributed by atoms with Gasteiger partial charge >= 0.3 is 0 Å². The molecular formula is C28H43N3O4. The molecule has 2 heterocycles. The molecule has 2 saturated heterocycles. The highest BCUT2D eigenvalue weighted by molar-refractivity contribution is 6.00. The summed E-state index contributed by atoms with van der Waals surface area (Å²) in [6, 6.07) is 5.60. The number of rotatable bonds is 9. The quantitative estimate of drug-likeness (QED) is 0.569. The summed E-state index contributed by atoms with van der Waals surface area (Å²) in [5.41, 5.74) is 0.412. The molecule has 4 rings (SSSR count). The zero-order chi connectivity index (χ0) is 24.8. The predicted molar refractivity (Wildman–Crippen MR) is 137 cm³/mol. The first-order valence-corrected chi connectivity index (χ1v) is 13.6. The third-order valence-corrected chi connectivity index (χ3v) is 8.34. The lowest BCUT2D eigenvalue weighted by Gasteiger charge is -2.52. The van der Waals surface area contributed by atoms with Crippen molar-refractivity contribution in [1.82, 2.24) is 15.1 Å². The second-order valence-electron chi connectivity index (χ2n) is 10.6. The second kappa shape index (κ2) is 11.6. The number of piperidine rings is 1. The van der Waals surface area contributed by atoms with E-state index in [0.29, 0.717) is 25.3 Å². The highest BCUT2D eigenvalue weighted by atomic mass is 16.5. The van der Waals surface area contributed by atoms with E-state index < -0.39 is 5.54 Å². The van der Waals surface area contributed by atoms with E-state index >= 15 is 0 Å². The van der Waals surface area contributed by atoms with Crippen LogP contribution in [0.5, 0.6) is 11.5 Å². The van der Waals surface area contributed by atoms with Gasteiger partial charge in [0.05, 0.1) is 14.2 Å². The molecule has 3 aliphatic rings. The number of likely N-dealkylation sites (tertiary alicyclic amines) is 1. The van der Waals surface area contributed by atoms with Crippen LogP contribution in [0.3, 0.4) is 0 Å². The standard InChI is InChI=1S/C28H43N3O4/c1-4-5-13-31-26(32)25(18-21-9-7-6-8-10-21)29-27(33)28(31)11-14-30(15-12-28)20-22-16-23(34-2)19-24(17-22)35-3/h16-17,19,21,25H,4-15,18,20H2,1-3H3,(H,29,33). The van der Waals surface area contributed by atoms with Gasteiger partial charge in [-0.1, -0.05) is 45.4 Å². The van der Waals surface area contributed by atoms with Gasteiger partial charge in [0.25, 0.3) is 0 Å². The molecule has 2 amide bonds. The molecule has 1 aliphatic carbocycles. The summed E-state index contributed by atoms with van der Waals surface area (Å²) in [4.78, 5) is 31.7. The predicted octanol–water partition coefficient (Wildman–Crippen LogP) is 4.14. The first-order chi connectivity index (χ1) is 17.0. The monoisotopic (exact) mass is 485 g/mol. The molecule has 3 fully saturated rings. The number of carbonyl (C=O) groups is 2. The third kappa shape index (κ3) is 5.76. The molecule has 1 aromatic carbocycles. The maximum absolute atomic E-state index is 13.7. The maximum atomic E-state index is 13.7. The van der Waals surface area contributed by atoms with Crippen LogP contribution >= 0.6 is 0 Å². The molecule has 7 nitrogen and oxygen atoms in total. The van der Waals surface area contributed by atoms with Gasteiger partial charge in [-0.3, -0.25) is 14.5 Å². The number of unbranched alkanes of at least 4 members (excludes halogenated alkanes) is 1. The molecule has 1 N–H and O–H groups in total. The Bertz CT molecular complexity index is 853. The fraction of sp³-hybridized carbons (Fsp3) is 0.714. The summed E-state index contributed by atoms with van der Waals surface area (Å²) in [5, 5.41) is 3.19. The van der Waals surface area contributed by atoms with Gasteiger partial charge in [-0.15, -0.1) is 0 Å². The van der Waals surface area contributed by atoms with Crippen molar-refractivity contribution in [3.63, 3.8) is 0 Å². The Morgan fingerprint density at radius 1 is 1.00 bits per heavy atom. The van der Waals surface area contributed by atoms with E-state index in [2.05, 4.69) is 17.1 Å². The van der Waals surface area contributed by atoms with Gasteiger partial charge < -0.3 is 19.7 Å².